The van der Waals surface area contributed by atoms with Gasteiger partial charge >= 0.3 is 0 Å². The first-order chi connectivity index (χ1) is 19.3. The van der Waals surface area contributed by atoms with Crippen molar-refractivity contribution in [2.45, 2.75) is 39.1 Å². The van der Waals surface area contributed by atoms with Crippen LogP contribution in [0, 0.1) is 11.7 Å². The van der Waals surface area contributed by atoms with Gasteiger partial charge < -0.3 is 19.3 Å². The normalized spacial score (nSPS) is 18.9. The van der Waals surface area contributed by atoms with E-state index in [0.29, 0.717) is 31.9 Å². The van der Waals surface area contributed by atoms with Crippen LogP contribution in [-0.4, -0.2) is 64.3 Å². The number of carbonyl (C=O) groups excluding carboxylic acids is 1. The molecule has 0 aliphatic carbocycles. The minimum absolute atomic E-state index is 0.0312. The van der Waals surface area contributed by atoms with Gasteiger partial charge in [-0.25, -0.2) is 4.39 Å². The molecule has 0 fully saturated rings. The number of rotatable bonds is 6. The van der Waals surface area contributed by atoms with E-state index in [9.17, 15) is 14.3 Å². The van der Waals surface area contributed by atoms with Gasteiger partial charge in [0, 0.05) is 49.1 Å². The summed E-state index contributed by atoms with van der Waals surface area (Å²) in [5.41, 5.74) is 5.37. The minimum Gasteiger partial charge on any atom is -0.394 e. The summed E-state index contributed by atoms with van der Waals surface area (Å²) in [6.45, 7) is 5.84. The van der Waals surface area contributed by atoms with Crippen molar-refractivity contribution >= 4 is 16.8 Å². The Hall–Kier alpha value is -3.52. The number of aliphatic hydroxyl groups is 1. The topological polar surface area (TPSA) is 57.9 Å². The Kier molecular flexibility index (Phi) is 8.35. The fourth-order valence-electron chi connectivity index (χ4n) is 5.84. The van der Waals surface area contributed by atoms with Crippen molar-refractivity contribution in [3.63, 3.8) is 0 Å². The number of halogens is 1. The molecule has 0 saturated heterocycles. The number of para-hydroxylation sites is 1. The number of likely N-dealkylation sites (N-methyl/N-ethyl adjacent to an activating group) is 1. The molecule has 4 aromatic rings. The molecule has 1 aromatic heterocycles. The molecule has 210 valence electrons. The lowest BCUT2D eigenvalue weighted by Gasteiger charge is -2.35. The summed E-state index contributed by atoms with van der Waals surface area (Å²) in [5, 5.41) is 11.2. The average molecular weight is 544 g/mol. The molecule has 1 aliphatic heterocycles. The van der Waals surface area contributed by atoms with Crippen molar-refractivity contribution in [1.29, 1.82) is 0 Å². The van der Waals surface area contributed by atoms with Crippen molar-refractivity contribution in [2.24, 2.45) is 13.0 Å². The molecule has 0 unspecified atom stereocenters. The summed E-state index contributed by atoms with van der Waals surface area (Å²) in [4.78, 5) is 18.3. The van der Waals surface area contributed by atoms with Gasteiger partial charge in [0.15, 0.2) is 0 Å². The van der Waals surface area contributed by atoms with Gasteiger partial charge in [-0.1, -0.05) is 61.5 Å². The van der Waals surface area contributed by atoms with E-state index in [1.807, 2.05) is 62.0 Å². The Morgan fingerprint density at radius 3 is 2.62 bits per heavy atom. The summed E-state index contributed by atoms with van der Waals surface area (Å²) in [6, 6.07) is 22.5. The predicted octanol–water partition coefficient (Wildman–Crippen LogP) is 5.47. The molecule has 6 nitrogen and oxygen atoms in total. The highest BCUT2D eigenvalue weighted by Gasteiger charge is 2.33. The molecule has 40 heavy (non-hydrogen) atoms. The number of nitrogens with zero attached hydrogens (tertiary/aromatic N) is 3. The molecule has 1 aliphatic rings. The van der Waals surface area contributed by atoms with Crippen LogP contribution < -0.4 is 0 Å². The Morgan fingerprint density at radius 2 is 1.85 bits per heavy atom. The molecule has 0 spiro atoms. The van der Waals surface area contributed by atoms with Crippen LogP contribution in [0.15, 0.2) is 72.8 Å². The lowest BCUT2D eigenvalue weighted by molar-refractivity contribution is -0.0242. The molecular formula is C33H38FN3O3. The van der Waals surface area contributed by atoms with Gasteiger partial charge in [0.25, 0.3) is 5.91 Å². The Balaban J connectivity index is 1.57. The summed E-state index contributed by atoms with van der Waals surface area (Å²) in [6.07, 6.45) is -0.203. The third kappa shape index (κ3) is 5.55. The molecule has 3 aromatic carbocycles. The van der Waals surface area contributed by atoms with E-state index < -0.39 is 0 Å². The molecule has 1 N–H and O–H groups in total. The van der Waals surface area contributed by atoms with E-state index in [0.717, 1.165) is 33.2 Å². The van der Waals surface area contributed by atoms with Gasteiger partial charge in [0.1, 0.15) is 11.5 Å². The number of amides is 1. The number of aryl methyl sites for hydroxylation is 1. The van der Waals surface area contributed by atoms with Crippen molar-refractivity contribution in [3.8, 4) is 11.1 Å². The van der Waals surface area contributed by atoms with E-state index in [4.69, 9.17) is 4.74 Å². The third-order valence-electron chi connectivity index (χ3n) is 8.06. The van der Waals surface area contributed by atoms with Crippen LogP contribution in [-0.2, 0) is 24.9 Å². The van der Waals surface area contributed by atoms with Gasteiger partial charge in [-0.05, 0) is 48.9 Å². The highest BCUT2D eigenvalue weighted by molar-refractivity contribution is 6.10. The number of hydrogen-bond acceptors (Lipinski definition) is 4. The van der Waals surface area contributed by atoms with Crippen LogP contribution >= 0.6 is 0 Å². The summed E-state index contributed by atoms with van der Waals surface area (Å²) < 4.78 is 22.4. The Bertz CT molecular complexity index is 1500. The zero-order chi connectivity index (χ0) is 28.4. The number of fused-ring (bicyclic) bond motifs is 5. The molecule has 0 bridgehead atoms. The van der Waals surface area contributed by atoms with Crippen molar-refractivity contribution in [3.05, 3.63) is 95.4 Å². The first-order valence-corrected chi connectivity index (χ1v) is 13.9. The average Bonchev–Trinajstić information content (AvgIpc) is 3.24. The van der Waals surface area contributed by atoms with Crippen LogP contribution in [0.1, 0.15) is 35.5 Å². The van der Waals surface area contributed by atoms with Crippen LogP contribution in [0.2, 0.25) is 0 Å². The minimum atomic E-state index is -0.373. The molecule has 0 saturated carbocycles. The quantitative estimate of drug-likeness (QED) is 0.350. The number of benzene rings is 3. The predicted molar refractivity (Wildman–Crippen MR) is 156 cm³/mol. The number of carbonyl (C=O) groups is 1. The zero-order valence-electron chi connectivity index (χ0n) is 23.7. The van der Waals surface area contributed by atoms with E-state index in [2.05, 4.69) is 30.0 Å². The third-order valence-corrected chi connectivity index (χ3v) is 8.06. The second kappa shape index (κ2) is 11.9. The second-order valence-corrected chi connectivity index (χ2v) is 11.1. The van der Waals surface area contributed by atoms with Crippen molar-refractivity contribution in [2.75, 3.05) is 26.7 Å². The number of aromatic nitrogens is 1. The van der Waals surface area contributed by atoms with Gasteiger partial charge in [0.2, 0.25) is 0 Å². The zero-order valence-corrected chi connectivity index (χ0v) is 23.7. The molecule has 1 amide bonds. The SMILES string of the molecule is C[C@@H]1CN([C@@H](C)CO)C(=O)c2c(c3ccccc3n2C)-c2ccccc2CO[C@@H]1CN(C)Cc1cccc(F)c1. The highest BCUT2D eigenvalue weighted by atomic mass is 19.1. The molecule has 3 atom stereocenters. The van der Waals surface area contributed by atoms with Crippen LogP contribution in [0.25, 0.3) is 22.0 Å². The lowest BCUT2D eigenvalue weighted by atomic mass is 9.96. The maximum Gasteiger partial charge on any atom is 0.271 e. The second-order valence-electron chi connectivity index (χ2n) is 11.1. The maximum absolute atomic E-state index is 14.4. The number of hydrogen-bond donors (Lipinski definition) is 1. The van der Waals surface area contributed by atoms with Crippen LogP contribution in [0.3, 0.4) is 0 Å². The number of aliphatic hydroxyl groups excluding tert-OH is 1. The van der Waals surface area contributed by atoms with Crippen LogP contribution in [0.5, 0.6) is 0 Å². The number of ether oxygens (including phenoxy) is 1. The van der Waals surface area contributed by atoms with Crippen molar-refractivity contribution in [1.82, 2.24) is 14.4 Å². The van der Waals surface area contributed by atoms with E-state index in [-0.39, 0.29) is 36.4 Å². The summed E-state index contributed by atoms with van der Waals surface area (Å²) in [7, 11) is 3.94. The highest BCUT2D eigenvalue weighted by Crippen LogP contribution is 2.38. The first-order valence-electron chi connectivity index (χ1n) is 13.9. The summed E-state index contributed by atoms with van der Waals surface area (Å²) >= 11 is 0. The maximum atomic E-state index is 14.4. The smallest absolute Gasteiger partial charge is 0.271 e. The fraction of sp³-hybridized carbons (Fsp3) is 0.364. The van der Waals surface area contributed by atoms with Gasteiger partial charge in [-0.3, -0.25) is 9.69 Å². The monoisotopic (exact) mass is 543 g/mol. The van der Waals surface area contributed by atoms with Gasteiger partial charge in [-0.2, -0.15) is 0 Å². The molecule has 0 radical (unpaired) electrons. The van der Waals surface area contributed by atoms with E-state index in [1.165, 1.54) is 6.07 Å². The van der Waals surface area contributed by atoms with Crippen LogP contribution in [0.4, 0.5) is 4.39 Å². The lowest BCUT2D eigenvalue weighted by Crippen LogP contribution is -2.47. The Morgan fingerprint density at radius 1 is 1.10 bits per heavy atom. The molecule has 2 heterocycles. The largest absolute Gasteiger partial charge is 0.394 e. The Labute approximate surface area is 235 Å². The standard InChI is InChI=1S/C33H38FN3O3/c1-22-17-37(23(2)20-38)33(39)32-31(28-14-7-8-15-29(28)36(32)4)27-13-6-5-11-25(27)21-40-30(22)19-35(3)18-24-10-9-12-26(34)16-24/h5-16,22-23,30,38H,17-21H2,1-4H3/t22-,23+,30-/m1/s1. The fourth-order valence-corrected chi connectivity index (χ4v) is 5.84. The summed E-state index contributed by atoms with van der Waals surface area (Å²) in [5.74, 6) is -0.386. The van der Waals surface area contributed by atoms with Gasteiger partial charge in [-0.15, -0.1) is 0 Å². The van der Waals surface area contributed by atoms with Gasteiger partial charge in [0.05, 0.1) is 25.4 Å². The molecule has 7 heteroatoms. The molecular weight excluding hydrogens is 505 g/mol. The first kappa shape index (κ1) is 28.0. The van der Waals surface area contributed by atoms with E-state index in [1.54, 1.807) is 17.0 Å². The van der Waals surface area contributed by atoms with Crippen molar-refractivity contribution < 1.29 is 19.0 Å². The van der Waals surface area contributed by atoms with E-state index >= 15 is 0 Å². The molecule has 5 rings (SSSR count).